The monoisotopic (exact) mass is 514 g/mol. The van der Waals surface area contributed by atoms with Gasteiger partial charge in [-0.1, -0.05) is 34.1 Å². The molecule has 6 nitrogen and oxygen atoms in total. The van der Waals surface area contributed by atoms with Crippen molar-refractivity contribution in [2.75, 3.05) is 20.8 Å². The zero-order chi connectivity index (χ0) is 23.8. The fourth-order valence-electron chi connectivity index (χ4n) is 3.47. The number of ether oxygens (including phenoxy) is 2. The minimum absolute atomic E-state index is 0.217. The molecule has 0 radical (unpaired) electrons. The minimum atomic E-state index is -0.217. The molecule has 2 aromatic carbocycles. The fraction of sp³-hybridized carbons (Fsp3) is 0.346. The summed E-state index contributed by atoms with van der Waals surface area (Å²) in [4.78, 5) is 14.9. The second-order valence-corrected chi connectivity index (χ2v) is 9.00. The van der Waals surface area contributed by atoms with Crippen LogP contribution in [0.3, 0.4) is 0 Å². The van der Waals surface area contributed by atoms with Gasteiger partial charge in [-0.05, 0) is 67.8 Å². The standard InChI is InChI=1S/C26H31BrN2O4/c1-18(2)29(16-20-5-8-21(27)9-6-20)17-22-10-12-24(33-22)26(30)28-14-13-19-7-11-23(31-3)25(15-19)32-4/h5-12,15,18H,13-14,16-17H2,1-4H3,(H,28,30). The number of benzene rings is 2. The van der Waals surface area contributed by atoms with Crippen molar-refractivity contribution < 1.29 is 18.7 Å². The van der Waals surface area contributed by atoms with Crippen molar-refractivity contribution in [3.63, 3.8) is 0 Å². The average molecular weight is 515 g/mol. The van der Waals surface area contributed by atoms with Gasteiger partial charge in [-0.2, -0.15) is 0 Å². The summed E-state index contributed by atoms with van der Waals surface area (Å²) in [5.74, 6) is 2.24. The molecule has 0 spiro atoms. The minimum Gasteiger partial charge on any atom is -0.493 e. The summed E-state index contributed by atoms with van der Waals surface area (Å²) in [5, 5.41) is 2.93. The molecule has 0 aliphatic carbocycles. The number of carbonyl (C=O) groups excluding carboxylic acids is 1. The highest BCUT2D eigenvalue weighted by Crippen LogP contribution is 2.27. The summed E-state index contributed by atoms with van der Waals surface area (Å²) in [6.07, 6.45) is 0.675. The first-order chi connectivity index (χ1) is 15.9. The van der Waals surface area contributed by atoms with Gasteiger partial charge in [0.15, 0.2) is 17.3 Å². The van der Waals surface area contributed by atoms with Crippen LogP contribution in [-0.4, -0.2) is 37.6 Å². The first-order valence-electron chi connectivity index (χ1n) is 11.0. The van der Waals surface area contributed by atoms with Crippen molar-refractivity contribution in [2.45, 2.75) is 39.4 Å². The van der Waals surface area contributed by atoms with Crippen LogP contribution in [0.25, 0.3) is 0 Å². The summed E-state index contributed by atoms with van der Waals surface area (Å²) < 4.78 is 17.5. The maximum Gasteiger partial charge on any atom is 0.287 e. The van der Waals surface area contributed by atoms with Crippen molar-refractivity contribution in [3.8, 4) is 11.5 Å². The zero-order valence-corrected chi connectivity index (χ0v) is 21.1. The number of nitrogens with one attached hydrogen (secondary N) is 1. The van der Waals surface area contributed by atoms with Crippen molar-refractivity contribution in [1.82, 2.24) is 10.2 Å². The Bertz CT molecular complexity index is 1050. The van der Waals surface area contributed by atoms with Gasteiger partial charge in [0, 0.05) is 23.6 Å². The molecule has 0 aliphatic rings. The van der Waals surface area contributed by atoms with Gasteiger partial charge < -0.3 is 19.2 Å². The molecule has 0 saturated heterocycles. The van der Waals surface area contributed by atoms with Gasteiger partial charge in [-0.15, -0.1) is 0 Å². The highest BCUT2D eigenvalue weighted by Gasteiger charge is 2.16. The maximum absolute atomic E-state index is 12.5. The largest absolute Gasteiger partial charge is 0.493 e. The Morgan fingerprint density at radius 3 is 2.33 bits per heavy atom. The van der Waals surface area contributed by atoms with Crippen LogP contribution in [0.5, 0.6) is 11.5 Å². The number of amides is 1. The SMILES string of the molecule is COc1ccc(CCNC(=O)c2ccc(CN(Cc3ccc(Br)cc3)C(C)C)o2)cc1OC. The van der Waals surface area contributed by atoms with Crippen LogP contribution < -0.4 is 14.8 Å². The zero-order valence-electron chi connectivity index (χ0n) is 19.6. The molecule has 1 aromatic heterocycles. The van der Waals surface area contributed by atoms with E-state index in [1.807, 2.05) is 36.4 Å². The lowest BCUT2D eigenvalue weighted by molar-refractivity contribution is 0.0921. The van der Waals surface area contributed by atoms with Gasteiger partial charge in [0.05, 0.1) is 20.8 Å². The lowest BCUT2D eigenvalue weighted by Gasteiger charge is -2.25. The van der Waals surface area contributed by atoms with Gasteiger partial charge in [-0.3, -0.25) is 9.69 Å². The van der Waals surface area contributed by atoms with Crippen LogP contribution in [0.4, 0.5) is 0 Å². The van der Waals surface area contributed by atoms with E-state index in [4.69, 9.17) is 13.9 Å². The smallest absolute Gasteiger partial charge is 0.287 e. The van der Waals surface area contributed by atoms with Crippen LogP contribution in [0.1, 0.15) is 41.3 Å². The van der Waals surface area contributed by atoms with E-state index in [0.717, 1.165) is 22.3 Å². The van der Waals surface area contributed by atoms with E-state index in [1.54, 1.807) is 20.3 Å². The van der Waals surface area contributed by atoms with Gasteiger partial charge in [-0.25, -0.2) is 0 Å². The van der Waals surface area contributed by atoms with Crippen LogP contribution in [0.2, 0.25) is 0 Å². The Morgan fingerprint density at radius 1 is 0.970 bits per heavy atom. The molecule has 3 aromatic rings. The molecule has 33 heavy (non-hydrogen) atoms. The number of hydrogen-bond acceptors (Lipinski definition) is 5. The van der Waals surface area contributed by atoms with Gasteiger partial charge in [0.1, 0.15) is 5.76 Å². The number of methoxy groups -OCH3 is 2. The first-order valence-corrected chi connectivity index (χ1v) is 11.7. The van der Waals surface area contributed by atoms with E-state index in [2.05, 4.69) is 52.1 Å². The topological polar surface area (TPSA) is 63.9 Å². The molecular formula is C26H31BrN2O4. The summed E-state index contributed by atoms with van der Waals surface area (Å²) in [5.41, 5.74) is 2.28. The van der Waals surface area contributed by atoms with Gasteiger partial charge in [0.2, 0.25) is 0 Å². The van der Waals surface area contributed by atoms with Crippen LogP contribution in [0.15, 0.2) is 63.5 Å². The van der Waals surface area contributed by atoms with Crippen molar-refractivity contribution in [3.05, 3.63) is 81.7 Å². The van der Waals surface area contributed by atoms with E-state index >= 15 is 0 Å². The Balaban J connectivity index is 1.54. The molecule has 0 unspecified atom stereocenters. The molecule has 0 fully saturated rings. The molecule has 0 atom stereocenters. The van der Waals surface area contributed by atoms with E-state index < -0.39 is 0 Å². The second-order valence-electron chi connectivity index (χ2n) is 8.09. The normalized spacial score (nSPS) is 11.1. The fourth-order valence-corrected chi connectivity index (χ4v) is 3.74. The molecule has 0 bridgehead atoms. The Labute approximate surface area is 204 Å². The van der Waals surface area contributed by atoms with Gasteiger partial charge in [0.25, 0.3) is 5.91 Å². The maximum atomic E-state index is 12.5. The van der Waals surface area contributed by atoms with E-state index in [-0.39, 0.29) is 5.91 Å². The predicted molar refractivity (Wildman–Crippen MR) is 133 cm³/mol. The molecule has 1 heterocycles. The molecule has 1 N–H and O–H groups in total. The lowest BCUT2D eigenvalue weighted by Crippen LogP contribution is -2.29. The molecule has 3 rings (SSSR count). The van der Waals surface area contributed by atoms with Gasteiger partial charge >= 0.3 is 0 Å². The molecular weight excluding hydrogens is 484 g/mol. The Kier molecular flexibility index (Phi) is 8.97. The second kappa shape index (κ2) is 11.9. The van der Waals surface area contributed by atoms with E-state index in [9.17, 15) is 4.79 Å². The number of hydrogen-bond donors (Lipinski definition) is 1. The van der Waals surface area contributed by atoms with Crippen molar-refractivity contribution >= 4 is 21.8 Å². The molecule has 176 valence electrons. The Hall–Kier alpha value is -2.77. The highest BCUT2D eigenvalue weighted by molar-refractivity contribution is 9.10. The number of nitrogens with zero attached hydrogens (tertiary/aromatic N) is 1. The third kappa shape index (κ3) is 7.11. The quantitative estimate of drug-likeness (QED) is 0.369. The Morgan fingerprint density at radius 2 is 1.67 bits per heavy atom. The number of carbonyl (C=O) groups is 1. The highest BCUT2D eigenvalue weighted by atomic mass is 79.9. The summed E-state index contributed by atoms with van der Waals surface area (Å²) in [7, 11) is 3.22. The molecule has 7 heteroatoms. The third-order valence-electron chi connectivity index (χ3n) is 5.42. The van der Waals surface area contributed by atoms with Crippen LogP contribution in [-0.2, 0) is 19.5 Å². The molecule has 1 amide bonds. The molecule has 0 saturated carbocycles. The summed E-state index contributed by atoms with van der Waals surface area (Å²) >= 11 is 3.48. The van der Waals surface area contributed by atoms with E-state index in [0.29, 0.717) is 42.8 Å². The molecule has 0 aliphatic heterocycles. The average Bonchev–Trinajstić information content (AvgIpc) is 3.28. The number of rotatable bonds is 11. The van der Waals surface area contributed by atoms with Crippen molar-refractivity contribution in [1.29, 1.82) is 0 Å². The lowest BCUT2D eigenvalue weighted by atomic mass is 10.1. The van der Waals surface area contributed by atoms with Crippen LogP contribution >= 0.6 is 15.9 Å². The number of furan rings is 1. The number of halogens is 1. The van der Waals surface area contributed by atoms with Crippen LogP contribution in [0, 0.1) is 0 Å². The predicted octanol–water partition coefficient (Wildman–Crippen LogP) is 5.44. The van der Waals surface area contributed by atoms with Crippen molar-refractivity contribution in [2.24, 2.45) is 0 Å². The third-order valence-corrected chi connectivity index (χ3v) is 5.95. The summed E-state index contributed by atoms with van der Waals surface area (Å²) in [6, 6.07) is 18.0. The van der Waals surface area contributed by atoms with E-state index in [1.165, 1.54) is 5.56 Å². The summed E-state index contributed by atoms with van der Waals surface area (Å²) in [6.45, 7) is 6.24. The first kappa shape index (κ1) is 24.9.